The summed E-state index contributed by atoms with van der Waals surface area (Å²) in [5.41, 5.74) is 3.35. The van der Waals surface area contributed by atoms with Crippen molar-refractivity contribution in [3.8, 4) is 11.3 Å². The lowest BCUT2D eigenvalue weighted by Crippen LogP contribution is -2.50. The Balaban J connectivity index is 1.34. The third-order valence-corrected chi connectivity index (χ3v) is 7.04. The number of benzene rings is 1. The van der Waals surface area contributed by atoms with Crippen LogP contribution in [0.3, 0.4) is 0 Å². The first kappa shape index (κ1) is 21.7. The van der Waals surface area contributed by atoms with E-state index >= 15 is 0 Å². The van der Waals surface area contributed by atoms with Crippen LogP contribution in [-0.2, 0) is 15.3 Å². The van der Waals surface area contributed by atoms with E-state index in [-0.39, 0.29) is 17.4 Å². The van der Waals surface area contributed by atoms with Crippen LogP contribution in [0.1, 0.15) is 35.8 Å². The van der Waals surface area contributed by atoms with Crippen molar-refractivity contribution in [3.63, 3.8) is 0 Å². The highest BCUT2D eigenvalue weighted by atomic mass is 19.1. The van der Waals surface area contributed by atoms with Gasteiger partial charge >= 0.3 is 0 Å². The molecular weight excluding hydrogens is 468 g/mol. The minimum Gasteiger partial charge on any atom is -0.342 e. The Morgan fingerprint density at radius 1 is 1.06 bits per heavy atom. The molecule has 0 spiro atoms. The lowest BCUT2D eigenvalue weighted by Gasteiger charge is -2.38. The van der Waals surface area contributed by atoms with E-state index in [9.17, 15) is 8.78 Å². The van der Waals surface area contributed by atoms with Crippen LogP contribution >= 0.6 is 0 Å². The van der Waals surface area contributed by atoms with Gasteiger partial charge < -0.3 is 14.4 Å². The number of ether oxygens (including phenoxy) is 2. The Morgan fingerprint density at radius 3 is 2.69 bits per heavy atom. The fraction of sp³-hybridized carbons (Fsp3) is 0.400. The van der Waals surface area contributed by atoms with Gasteiger partial charge in [-0.25, -0.2) is 23.7 Å². The predicted molar refractivity (Wildman–Crippen MR) is 125 cm³/mol. The summed E-state index contributed by atoms with van der Waals surface area (Å²) in [5, 5.41) is 4.51. The topological polar surface area (TPSA) is 91.1 Å². The Labute approximate surface area is 205 Å². The van der Waals surface area contributed by atoms with Crippen molar-refractivity contribution >= 4 is 17.1 Å². The third kappa shape index (κ3) is 3.45. The highest BCUT2D eigenvalue weighted by Crippen LogP contribution is 2.42. The Bertz CT molecular complexity index is 1520. The zero-order valence-corrected chi connectivity index (χ0v) is 19.8. The zero-order valence-electron chi connectivity index (χ0n) is 19.8. The first-order valence-electron chi connectivity index (χ1n) is 12.0. The molecule has 3 aromatic heterocycles. The number of aryl methyl sites for hydroxylation is 2. The number of rotatable bonds is 4. The van der Waals surface area contributed by atoms with Crippen molar-refractivity contribution in [2.24, 2.45) is 0 Å². The SMILES string of the molecule is Cc1nc2nc(N3C[C@@H]4CO[C@@](c5cnn(C6CC6)c5)(C3)O4)nc(-c3ccc(F)cc3F)c2nc1C. The molecule has 2 aliphatic heterocycles. The van der Waals surface area contributed by atoms with Gasteiger partial charge in [0.15, 0.2) is 5.65 Å². The molecule has 3 fully saturated rings. The van der Waals surface area contributed by atoms with Crippen LogP contribution in [0.15, 0.2) is 30.6 Å². The van der Waals surface area contributed by atoms with Crippen molar-refractivity contribution in [1.29, 1.82) is 0 Å². The van der Waals surface area contributed by atoms with Crippen LogP contribution in [0, 0.1) is 25.5 Å². The number of halogens is 2. The van der Waals surface area contributed by atoms with Crippen LogP contribution in [0.25, 0.3) is 22.4 Å². The number of fused-ring (bicyclic) bond motifs is 3. The molecule has 2 saturated heterocycles. The van der Waals surface area contributed by atoms with E-state index in [1.807, 2.05) is 29.6 Å². The van der Waals surface area contributed by atoms with Gasteiger partial charge in [0.25, 0.3) is 0 Å². The summed E-state index contributed by atoms with van der Waals surface area (Å²) in [6.07, 6.45) is 5.83. The standard InChI is InChI=1S/C25H23F2N7O2/c1-13-14(2)30-23-22(29-13)21(19-6-3-16(26)7-20(19)27)31-24(32-23)33-10-18-11-35-25(12-33,36-18)15-8-28-34(9-15)17-4-5-17/h3,6-9,17-18H,4-5,10-12H2,1-2H3/t18-,25+/m1/s1. The molecule has 3 aliphatic rings. The van der Waals surface area contributed by atoms with Gasteiger partial charge in [-0.2, -0.15) is 10.1 Å². The number of aromatic nitrogens is 6. The van der Waals surface area contributed by atoms with E-state index in [1.165, 1.54) is 12.1 Å². The van der Waals surface area contributed by atoms with Gasteiger partial charge in [-0.1, -0.05) is 0 Å². The van der Waals surface area contributed by atoms with E-state index in [1.54, 1.807) is 6.20 Å². The molecule has 1 aliphatic carbocycles. The first-order chi connectivity index (χ1) is 17.4. The lowest BCUT2D eigenvalue weighted by atomic mass is 10.1. The highest BCUT2D eigenvalue weighted by molar-refractivity contribution is 5.88. The molecule has 2 atom stereocenters. The second-order valence-electron chi connectivity index (χ2n) is 9.69. The van der Waals surface area contributed by atoms with E-state index < -0.39 is 17.4 Å². The van der Waals surface area contributed by atoms with Gasteiger partial charge in [-0.05, 0) is 38.8 Å². The second-order valence-corrected chi connectivity index (χ2v) is 9.69. The van der Waals surface area contributed by atoms with Crippen LogP contribution in [0.4, 0.5) is 14.7 Å². The Hall–Kier alpha value is -3.57. The molecule has 0 N–H and O–H groups in total. The van der Waals surface area contributed by atoms with E-state index in [0.717, 1.165) is 24.5 Å². The zero-order chi connectivity index (χ0) is 24.6. The Kier molecular flexibility index (Phi) is 4.65. The number of hydrogen-bond donors (Lipinski definition) is 0. The van der Waals surface area contributed by atoms with Gasteiger partial charge in [0.1, 0.15) is 28.9 Å². The van der Waals surface area contributed by atoms with Crippen molar-refractivity contribution in [3.05, 3.63) is 59.2 Å². The van der Waals surface area contributed by atoms with Crippen LogP contribution in [0.2, 0.25) is 0 Å². The minimum absolute atomic E-state index is 0.135. The Morgan fingerprint density at radius 2 is 1.89 bits per heavy atom. The smallest absolute Gasteiger partial charge is 0.228 e. The van der Waals surface area contributed by atoms with E-state index in [2.05, 4.69) is 15.1 Å². The summed E-state index contributed by atoms with van der Waals surface area (Å²) in [6, 6.07) is 3.85. The maximum absolute atomic E-state index is 14.9. The lowest BCUT2D eigenvalue weighted by molar-refractivity contribution is -0.179. The van der Waals surface area contributed by atoms with Gasteiger partial charge in [0, 0.05) is 24.4 Å². The number of hydrogen-bond acceptors (Lipinski definition) is 8. The number of morpholine rings is 1. The molecule has 1 saturated carbocycles. The van der Waals surface area contributed by atoms with Crippen LogP contribution in [0.5, 0.6) is 0 Å². The molecule has 0 radical (unpaired) electrons. The quantitative estimate of drug-likeness (QED) is 0.428. The molecule has 184 valence electrons. The predicted octanol–water partition coefficient (Wildman–Crippen LogP) is 3.60. The molecule has 0 amide bonds. The molecule has 36 heavy (non-hydrogen) atoms. The van der Waals surface area contributed by atoms with Crippen LogP contribution < -0.4 is 4.90 Å². The molecule has 7 rings (SSSR count). The first-order valence-corrected chi connectivity index (χ1v) is 12.0. The monoisotopic (exact) mass is 491 g/mol. The van der Waals surface area contributed by atoms with Gasteiger partial charge in [-0.3, -0.25) is 4.68 Å². The summed E-state index contributed by atoms with van der Waals surface area (Å²) in [6.45, 7) is 4.92. The summed E-state index contributed by atoms with van der Waals surface area (Å²) in [7, 11) is 0. The van der Waals surface area contributed by atoms with Gasteiger partial charge in [0.2, 0.25) is 11.7 Å². The van der Waals surface area contributed by atoms with E-state index in [0.29, 0.717) is 54.2 Å². The van der Waals surface area contributed by atoms with Crippen molar-refractivity contribution < 1.29 is 18.3 Å². The maximum atomic E-state index is 14.9. The van der Waals surface area contributed by atoms with Crippen molar-refractivity contribution in [2.75, 3.05) is 24.6 Å². The van der Waals surface area contributed by atoms with Gasteiger partial charge in [-0.15, -0.1) is 0 Å². The fourth-order valence-corrected chi connectivity index (χ4v) is 4.88. The number of anilines is 1. The molecule has 11 heteroatoms. The van der Waals surface area contributed by atoms with Crippen molar-refractivity contribution in [1.82, 2.24) is 29.7 Å². The third-order valence-electron chi connectivity index (χ3n) is 7.04. The second kappa shape index (κ2) is 7.71. The summed E-state index contributed by atoms with van der Waals surface area (Å²) in [4.78, 5) is 20.6. The fourth-order valence-electron chi connectivity index (χ4n) is 4.88. The number of nitrogens with zero attached hydrogens (tertiary/aromatic N) is 7. The summed E-state index contributed by atoms with van der Waals surface area (Å²) < 4.78 is 43.0. The summed E-state index contributed by atoms with van der Waals surface area (Å²) >= 11 is 0. The summed E-state index contributed by atoms with van der Waals surface area (Å²) in [5.74, 6) is -2.03. The largest absolute Gasteiger partial charge is 0.342 e. The molecule has 9 nitrogen and oxygen atoms in total. The van der Waals surface area contributed by atoms with Gasteiger partial charge in [0.05, 0.1) is 42.3 Å². The minimum atomic E-state index is -0.996. The average Bonchev–Trinajstić information content (AvgIpc) is 3.49. The molecule has 5 heterocycles. The van der Waals surface area contributed by atoms with E-state index in [4.69, 9.17) is 19.4 Å². The average molecular weight is 492 g/mol. The molecule has 1 aromatic carbocycles. The van der Waals surface area contributed by atoms with Crippen LogP contribution in [-0.4, -0.2) is 55.5 Å². The molecule has 2 bridgehead atoms. The maximum Gasteiger partial charge on any atom is 0.228 e. The molecular formula is C25H23F2N7O2. The molecule has 0 unspecified atom stereocenters. The molecule has 4 aromatic rings. The normalized spacial score (nSPS) is 23.6. The van der Waals surface area contributed by atoms with Crippen molar-refractivity contribution in [2.45, 2.75) is 44.6 Å². The highest BCUT2D eigenvalue weighted by Gasteiger charge is 2.51.